The van der Waals surface area contributed by atoms with E-state index < -0.39 is 5.97 Å². The summed E-state index contributed by atoms with van der Waals surface area (Å²) in [4.78, 5) is 22.8. The molecule has 0 atom stereocenters. The van der Waals surface area contributed by atoms with E-state index in [2.05, 4.69) is 5.32 Å². The molecule has 6 nitrogen and oxygen atoms in total. The highest BCUT2D eigenvalue weighted by molar-refractivity contribution is 5.96. The van der Waals surface area contributed by atoms with Crippen LogP contribution in [0.4, 0.5) is 0 Å². The van der Waals surface area contributed by atoms with Crippen molar-refractivity contribution in [3.05, 3.63) is 59.7 Å². The van der Waals surface area contributed by atoms with Crippen molar-refractivity contribution < 1.29 is 24.2 Å². The summed E-state index contributed by atoms with van der Waals surface area (Å²) in [6.45, 7) is 3.94. The predicted octanol–water partition coefficient (Wildman–Crippen LogP) is 2.91. The van der Waals surface area contributed by atoms with Crippen molar-refractivity contribution >= 4 is 11.9 Å². The Morgan fingerprint density at radius 3 is 2.42 bits per heavy atom. The van der Waals surface area contributed by atoms with Crippen molar-refractivity contribution in [2.24, 2.45) is 0 Å². The van der Waals surface area contributed by atoms with Crippen LogP contribution in [0.1, 0.15) is 29.8 Å². The Labute approximate surface area is 152 Å². The average molecular weight is 357 g/mol. The molecule has 2 rings (SSSR count). The molecule has 6 heteroatoms. The van der Waals surface area contributed by atoms with Crippen molar-refractivity contribution in [3.8, 4) is 11.5 Å². The van der Waals surface area contributed by atoms with Gasteiger partial charge in [-0.15, -0.1) is 0 Å². The third-order valence-electron chi connectivity index (χ3n) is 3.48. The standard InChI is InChI=1S/C20H23NO5/c1-14(2)26-18-6-4-3-5-17(18)20(24)21-12-11-15-7-9-16(10-8-15)25-13-19(22)23/h3-10,14H,11-13H2,1-2H3,(H,21,24)(H,22,23). The van der Waals surface area contributed by atoms with Gasteiger partial charge in [-0.3, -0.25) is 4.79 Å². The van der Waals surface area contributed by atoms with E-state index >= 15 is 0 Å². The molecule has 0 bridgehead atoms. The van der Waals surface area contributed by atoms with Crippen LogP contribution in [0.15, 0.2) is 48.5 Å². The van der Waals surface area contributed by atoms with E-state index in [1.54, 1.807) is 30.3 Å². The fourth-order valence-corrected chi connectivity index (χ4v) is 2.32. The van der Waals surface area contributed by atoms with Crippen molar-refractivity contribution in [1.29, 1.82) is 0 Å². The minimum Gasteiger partial charge on any atom is -0.490 e. The lowest BCUT2D eigenvalue weighted by Gasteiger charge is -2.14. The largest absolute Gasteiger partial charge is 0.490 e. The maximum absolute atomic E-state index is 12.4. The lowest BCUT2D eigenvalue weighted by Crippen LogP contribution is -2.26. The summed E-state index contributed by atoms with van der Waals surface area (Å²) in [5.41, 5.74) is 1.53. The SMILES string of the molecule is CC(C)Oc1ccccc1C(=O)NCCc1ccc(OCC(=O)O)cc1. The van der Waals surface area contributed by atoms with E-state index in [4.69, 9.17) is 14.6 Å². The fraction of sp³-hybridized carbons (Fsp3) is 0.300. The highest BCUT2D eigenvalue weighted by Gasteiger charge is 2.12. The molecule has 1 amide bonds. The summed E-state index contributed by atoms with van der Waals surface area (Å²) in [5, 5.41) is 11.5. The summed E-state index contributed by atoms with van der Waals surface area (Å²) in [7, 11) is 0. The number of carbonyl (C=O) groups is 2. The molecule has 138 valence electrons. The number of carboxylic acid groups (broad SMARTS) is 1. The molecular weight excluding hydrogens is 334 g/mol. The molecule has 0 heterocycles. The normalized spacial score (nSPS) is 10.4. The van der Waals surface area contributed by atoms with Crippen molar-refractivity contribution in [2.45, 2.75) is 26.4 Å². The molecule has 26 heavy (non-hydrogen) atoms. The maximum Gasteiger partial charge on any atom is 0.341 e. The number of ether oxygens (including phenoxy) is 2. The molecule has 2 aromatic carbocycles. The van der Waals surface area contributed by atoms with E-state index in [0.717, 1.165) is 5.56 Å². The molecule has 2 N–H and O–H groups in total. The summed E-state index contributed by atoms with van der Waals surface area (Å²) in [6.07, 6.45) is 0.642. The number of nitrogens with one attached hydrogen (secondary N) is 1. The first kappa shape index (κ1) is 19.3. The second kappa shape index (κ2) is 9.46. The third kappa shape index (κ3) is 6.12. The smallest absolute Gasteiger partial charge is 0.341 e. The molecule has 0 radical (unpaired) electrons. The van der Waals surface area contributed by atoms with Gasteiger partial charge in [0.15, 0.2) is 6.61 Å². The molecule has 0 saturated heterocycles. The average Bonchev–Trinajstić information content (AvgIpc) is 2.61. The maximum atomic E-state index is 12.4. The predicted molar refractivity (Wildman–Crippen MR) is 97.8 cm³/mol. The molecule has 0 unspecified atom stereocenters. The van der Waals surface area contributed by atoms with Gasteiger partial charge in [-0.05, 0) is 50.1 Å². The number of rotatable bonds is 9. The zero-order valence-electron chi connectivity index (χ0n) is 14.9. The van der Waals surface area contributed by atoms with Crippen molar-refractivity contribution in [1.82, 2.24) is 5.32 Å². The van der Waals surface area contributed by atoms with Gasteiger partial charge < -0.3 is 19.9 Å². The Hall–Kier alpha value is -3.02. The van der Waals surface area contributed by atoms with Gasteiger partial charge in [-0.25, -0.2) is 4.79 Å². The Kier molecular flexibility index (Phi) is 7.02. The summed E-state index contributed by atoms with van der Waals surface area (Å²) in [5.74, 6) is -0.124. The zero-order chi connectivity index (χ0) is 18.9. The van der Waals surface area contributed by atoms with Gasteiger partial charge in [0.25, 0.3) is 5.91 Å². The molecule has 0 aromatic heterocycles. The van der Waals surface area contributed by atoms with Gasteiger partial charge in [-0.1, -0.05) is 24.3 Å². The lowest BCUT2D eigenvalue weighted by atomic mass is 10.1. The quantitative estimate of drug-likeness (QED) is 0.721. The number of amides is 1. The molecule has 2 aromatic rings. The molecule has 0 aliphatic carbocycles. The van der Waals surface area contributed by atoms with Gasteiger partial charge in [-0.2, -0.15) is 0 Å². The Bertz CT molecular complexity index is 740. The first-order valence-electron chi connectivity index (χ1n) is 8.43. The van der Waals surface area contributed by atoms with Crippen LogP contribution in [0.3, 0.4) is 0 Å². The van der Waals surface area contributed by atoms with E-state index in [1.165, 1.54) is 0 Å². The van der Waals surface area contributed by atoms with Crippen LogP contribution in [-0.4, -0.2) is 36.2 Å². The zero-order valence-corrected chi connectivity index (χ0v) is 14.9. The fourth-order valence-electron chi connectivity index (χ4n) is 2.32. The summed E-state index contributed by atoms with van der Waals surface area (Å²) >= 11 is 0. The lowest BCUT2D eigenvalue weighted by molar-refractivity contribution is -0.139. The second-order valence-electron chi connectivity index (χ2n) is 6.00. The van der Waals surface area contributed by atoms with E-state index in [9.17, 15) is 9.59 Å². The highest BCUT2D eigenvalue weighted by atomic mass is 16.5. The van der Waals surface area contributed by atoms with Crippen LogP contribution in [0.2, 0.25) is 0 Å². The number of aliphatic carboxylic acids is 1. The van der Waals surface area contributed by atoms with Crippen molar-refractivity contribution in [3.63, 3.8) is 0 Å². The van der Waals surface area contributed by atoms with E-state index in [0.29, 0.717) is 30.0 Å². The molecule has 0 saturated carbocycles. The topological polar surface area (TPSA) is 84.9 Å². The Morgan fingerprint density at radius 1 is 1.08 bits per heavy atom. The molecule has 0 fully saturated rings. The molecule has 0 aliphatic rings. The molecule has 0 aliphatic heterocycles. The van der Waals surface area contributed by atoms with Gasteiger partial charge in [0, 0.05) is 6.54 Å². The Balaban J connectivity index is 1.86. The molecule has 0 spiro atoms. The number of hydrogen-bond donors (Lipinski definition) is 2. The minimum atomic E-state index is -1.02. The highest BCUT2D eigenvalue weighted by Crippen LogP contribution is 2.19. The van der Waals surface area contributed by atoms with Crippen LogP contribution in [-0.2, 0) is 11.2 Å². The Morgan fingerprint density at radius 2 is 1.77 bits per heavy atom. The number of para-hydroxylation sites is 1. The van der Waals surface area contributed by atoms with Crippen LogP contribution < -0.4 is 14.8 Å². The first-order valence-corrected chi connectivity index (χ1v) is 8.43. The van der Waals surface area contributed by atoms with Crippen LogP contribution >= 0.6 is 0 Å². The number of carbonyl (C=O) groups excluding carboxylic acids is 1. The van der Waals surface area contributed by atoms with E-state index in [-0.39, 0.29) is 18.6 Å². The monoisotopic (exact) mass is 357 g/mol. The van der Waals surface area contributed by atoms with Gasteiger partial charge >= 0.3 is 5.97 Å². The van der Waals surface area contributed by atoms with Crippen LogP contribution in [0, 0.1) is 0 Å². The number of hydrogen-bond acceptors (Lipinski definition) is 4. The van der Waals surface area contributed by atoms with Crippen LogP contribution in [0.5, 0.6) is 11.5 Å². The third-order valence-corrected chi connectivity index (χ3v) is 3.48. The summed E-state index contributed by atoms with van der Waals surface area (Å²) in [6, 6.07) is 14.3. The van der Waals surface area contributed by atoms with Crippen LogP contribution in [0.25, 0.3) is 0 Å². The van der Waals surface area contributed by atoms with E-state index in [1.807, 2.05) is 32.0 Å². The van der Waals surface area contributed by atoms with Gasteiger partial charge in [0.2, 0.25) is 0 Å². The number of benzene rings is 2. The molecular formula is C20H23NO5. The summed E-state index contributed by atoms with van der Waals surface area (Å²) < 4.78 is 10.8. The first-order chi connectivity index (χ1) is 12.5. The van der Waals surface area contributed by atoms with Gasteiger partial charge in [0.05, 0.1) is 11.7 Å². The van der Waals surface area contributed by atoms with Gasteiger partial charge in [0.1, 0.15) is 11.5 Å². The second-order valence-corrected chi connectivity index (χ2v) is 6.00. The van der Waals surface area contributed by atoms with Crippen molar-refractivity contribution in [2.75, 3.05) is 13.2 Å². The minimum absolute atomic E-state index is 0.00851. The number of carboxylic acids is 1.